The van der Waals surface area contributed by atoms with E-state index < -0.39 is 11.8 Å². The number of hydrogen-bond acceptors (Lipinski definition) is 2. The van der Waals surface area contributed by atoms with Crippen molar-refractivity contribution in [3.63, 3.8) is 0 Å². The Bertz CT molecular complexity index is 661. The predicted molar refractivity (Wildman–Crippen MR) is 88.3 cm³/mol. The molecule has 0 heterocycles. The van der Waals surface area contributed by atoms with Crippen molar-refractivity contribution in [2.45, 2.75) is 0 Å². The van der Waals surface area contributed by atoms with E-state index in [0.29, 0.717) is 0 Å². The van der Waals surface area contributed by atoms with E-state index in [4.69, 9.17) is 11.5 Å². The first-order valence-electron chi connectivity index (χ1n) is 6.70. The Balaban J connectivity index is 2.15. The van der Waals surface area contributed by atoms with E-state index in [1.165, 1.54) is 12.2 Å². The molecule has 2 amide bonds. The number of nitrogens with two attached hydrogens (primary N) is 2. The maximum Gasteiger partial charge on any atom is 0.241 e. The SMILES string of the molecule is NC(=O)/C=C/c1ccc(-c2ccc(/C=C/C(N)=O)cc2)cc1. The minimum atomic E-state index is -0.469. The lowest BCUT2D eigenvalue weighted by Gasteiger charge is -2.03. The van der Waals surface area contributed by atoms with E-state index in [1.54, 1.807) is 12.2 Å². The van der Waals surface area contributed by atoms with Gasteiger partial charge in [0, 0.05) is 12.2 Å². The first kappa shape index (κ1) is 15.3. The highest BCUT2D eigenvalue weighted by molar-refractivity contribution is 5.90. The van der Waals surface area contributed by atoms with Crippen LogP contribution >= 0.6 is 0 Å². The molecule has 4 N–H and O–H groups in total. The van der Waals surface area contributed by atoms with Crippen LogP contribution in [-0.2, 0) is 9.59 Å². The summed E-state index contributed by atoms with van der Waals surface area (Å²) >= 11 is 0. The number of carbonyl (C=O) groups is 2. The lowest BCUT2D eigenvalue weighted by Crippen LogP contribution is -2.05. The van der Waals surface area contributed by atoms with Crippen molar-refractivity contribution < 1.29 is 9.59 Å². The third-order valence-electron chi connectivity index (χ3n) is 3.03. The van der Waals surface area contributed by atoms with Gasteiger partial charge in [-0.1, -0.05) is 48.5 Å². The van der Waals surface area contributed by atoms with E-state index >= 15 is 0 Å². The second kappa shape index (κ2) is 7.04. The first-order valence-corrected chi connectivity index (χ1v) is 6.70. The van der Waals surface area contributed by atoms with Crippen LogP contribution in [0.1, 0.15) is 11.1 Å². The Hall–Kier alpha value is -3.14. The Morgan fingerprint density at radius 3 is 1.23 bits per heavy atom. The molecule has 4 nitrogen and oxygen atoms in total. The summed E-state index contributed by atoms with van der Waals surface area (Å²) in [6.07, 6.45) is 6.00. The molecule has 0 saturated carbocycles. The molecule has 110 valence electrons. The van der Waals surface area contributed by atoms with Crippen LogP contribution in [0.25, 0.3) is 23.3 Å². The summed E-state index contributed by atoms with van der Waals surface area (Å²) in [4.78, 5) is 21.4. The van der Waals surface area contributed by atoms with E-state index in [9.17, 15) is 9.59 Å². The Kier molecular flexibility index (Phi) is 4.88. The smallest absolute Gasteiger partial charge is 0.241 e. The number of benzene rings is 2. The van der Waals surface area contributed by atoms with E-state index in [-0.39, 0.29) is 0 Å². The van der Waals surface area contributed by atoms with Gasteiger partial charge in [0.1, 0.15) is 0 Å². The second-order valence-electron chi connectivity index (χ2n) is 4.72. The molecular formula is C18H16N2O2. The van der Waals surface area contributed by atoms with Crippen molar-refractivity contribution in [2.24, 2.45) is 11.5 Å². The van der Waals surface area contributed by atoms with Crippen molar-refractivity contribution >= 4 is 24.0 Å². The summed E-state index contributed by atoms with van der Waals surface area (Å²) in [5, 5.41) is 0. The highest BCUT2D eigenvalue weighted by atomic mass is 16.1. The first-order chi connectivity index (χ1) is 10.5. The van der Waals surface area contributed by atoms with Crippen molar-refractivity contribution in [3.05, 3.63) is 71.8 Å². The lowest BCUT2D eigenvalue weighted by molar-refractivity contribution is -0.114. The summed E-state index contributed by atoms with van der Waals surface area (Å²) in [5.41, 5.74) is 14.0. The van der Waals surface area contributed by atoms with Gasteiger partial charge in [0.05, 0.1) is 0 Å². The van der Waals surface area contributed by atoms with Crippen LogP contribution in [0.15, 0.2) is 60.7 Å². The molecule has 4 heteroatoms. The van der Waals surface area contributed by atoms with Gasteiger partial charge in [0.15, 0.2) is 0 Å². The number of carbonyl (C=O) groups excluding carboxylic acids is 2. The van der Waals surface area contributed by atoms with Gasteiger partial charge in [-0.3, -0.25) is 9.59 Å². The molecule has 0 radical (unpaired) electrons. The highest BCUT2D eigenvalue weighted by Gasteiger charge is 1.98. The van der Waals surface area contributed by atoms with Gasteiger partial charge in [-0.15, -0.1) is 0 Å². The Morgan fingerprint density at radius 1 is 0.636 bits per heavy atom. The summed E-state index contributed by atoms with van der Waals surface area (Å²) in [6.45, 7) is 0. The third-order valence-corrected chi connectivity index (χ3v) is 3.03. The molecule has 2 rings (SSSR count). The van der Waals surface area contributed by atoms with Gasteiger partial charge >= 0.3 is 0 Å². The molecule has 0 aliphatic rings. The highest BCUT2D eigenvalue weighted by Crippen LogP contribution is 2.21. The molecule has 0 aliphatic carbocycles. The van der Waals surface area contributed by atoms with E-state index in [0.717, 1.165) is 22.3 Å². The second-order valence-corrected chi connectivity index (χ2v) is 4.72. The normalized spacial score (nSPS) is 11.1. The molecule has 2 aromatic carbocycles. The van der Waals surface area contributed by atoms with Crippen LogP contribution in [0.3, 0.4) is 0 Å². The predicted octanol–water partition coefficient (Wildman–Crippen LogP) is 2.35. The largest absolute Gasteiger partial charge is 0.366 e. The van der Waals surface area contributed by atoms with Crippen LogP contribution in [0, 0.1) is 0 Å². The minimum absolute atomic E-state index is 0.469. The third kappa shape index (κ3) is 4.45. The molecule has 0 aromatic heterocycles. The molecule has 22 heavy (non-hydrogen) atoms. The molecule has 0 atom stereocenters. The zero-order valence-corrected chi connectivity index (χ0v) is 11.9. The van der Waals surface area contributed by atoms with Crippen molar-refractivity contribution in [1.82, 2.24) is 0 Å². The molecular weight excluding hydrogens is 276 g/mol. The summed E-state index contributed by atoms with van der Waals surface area (Å²) in [5.74, 6) is -0.938. The number of primary amides is 2. The summed E-state index contributed by atoms with van der Waals surface area (Å²) in [7, 11) is 0. The molecule has 0 fully saturated rings. The van der Waals surface area contributed by atoms with E-state index in [1.807, 2.05) is 48.5 Å². The zero-order chi connectivity index (χ0) is 15.9. The fraction of sp³-hybridized carbons (Fsp3) is 0. The van der Waals surface area contributed by atoms with Crippen LogP contribution in [0.4, 0.5) is 0 Å². The topological polar surface area (TPSA) is 86.2 Å². The fourth-order valence-electron chi connectivity index (χ4n) is 1.93. The molecule has 0 spiro atoms. The minimum Gasteiger partial charge on any atom is -0.366 e. The average Bonchev–Trinajstić information content (AvgIpc) is 2.52. The summed E-state index contributed by atoms with van der Waals surface area (Å²) in [6, 6.07) is 15.5. The Labute approximate surface area is 128 Å². The number of hydrogen-bond donors (Lipinski definition) is 2. The van der Waals surface area contributed by atoms with Crippen molar-refractivity contribution in [1.29, 1.82) is 0 Å². The maximum atomic E-state index is 10.7. The van der Waals surface area contributed by atoms with Gasteiger partial charge in [0.25, 0.3) is 0 Å². The average molecular weight is 292 g/mol. The summed E-state index contributed by atoms with van der Waals surface area (Å²) < 4.78 is 0. The van der Waals surface area contributed by atoms with Crippen molar-refractivity contribution in [3.8, 4) is 11.1 Å². The van der Waals surface area contributed by atoms with Gasteiger partial charge in [-0.05, 0) is 34.4 Å². The van der Waals surface area contributed by atoms with Gasteiger partial charge in [0.2, 0.25) is 11.8 Å². The number of amides is 2. The fourth-order valence-corrected chi connectivity index (χ4v) is 1.93. The Morgan fingerprint density at radius 2 is 0.955 bits per heavy atom. The quantitative estimate of drug-likeness (QED) is 0.829. The van der Waals surface area contributed by atoms with Crippen LogP contribution in [0.2, 0.25) is 0 Å². The number of rotatable bonds is 5. The maximum absolute atomic E-state index is 10.7. The zero-order valence-electron chi connectivity index (χ0n) is 11.9. The van der Waals surface area contributed by atoms with Crippen LogP contribution in [-0.4, -0.2) is 11.8 Å². The van der Waals surface area contributed by atoms with Gasteiger partial charge in [-0.25, -0.2) is 0 Å². The van der Waals surface area contributed by atoms with E-state index in [2.05, 4.69) is 0 Å². The standard InChI is InChI=1S/C18H16N2O2/c19-17(21)11-5-13-1-7-15(8-2-13)16-9-3-14(4-10-16)6-12-18(20)22/h1-12H,(H2,19,21)(H2,20,22)/b11-5+,12-6+. The van der Waals surface area contributed by atoms with Gasteiger partial charge < -0.3 is 11.5 Å². The van der Waals surface area contributed by atoms with Crippen LogP contribution < -0.4 is 11.5 Å². The molecule has 2 aromatic rings. The molecule has 0 saturated heterocycles. The molecule has 0 unspecified atom stereocenters. The lowest BCUT2D eigenvalue weighted by atomic mass is 10.0. The van der Waals surface area contributed by atoms with Gasteiger partial charge in [-0.2, -0.15) is 0 Å². The molecule has 0 aliphatic heterocycles. The van der Waals surface area contributed by atoms with Crippen LogP contribution in [0.5, 0.6) is 0 Å². The monoisotopic (exact) mass is 292 g/mol. The van der Waals surface area contributed by atoms with Crippen molar-refractivity contribution in [2.75, 3.05) is 0 Å². The molecule has 0 bridgehead atoms.